The van der Waals surface area contributed by atoms with E-state index in [1.165, 1.54) is 0 Å². The third-order valence-electron chi connectivity index (χ3n) is 0.637. The Morgan fingerprint density at radius 2 is 2.00 bits per heavy atom. The molecule has 1 aliphatic rings. The van der Waals surface area contributed by atoms with Gasteiger partial charge in [-0.05, 0) is 0 Å². The molecule has 6 heavy (non-hydrogen) atoms. The maximum atomic E-state index is 4.78. The molecule has 0 aromatic rings. The molecule has 0 saturated carbocycles. The van der Waals surface area contributed by atoms with Gasteiger partial charge in [-0.1, -0.05) is 0 Å². The number of quaternary nitrogens is 1. The van der Waals surface area contributed by atoms with Crippen LogP contribution in [0.3, 0.4) is 0 Å². The standard InChI is InChI=1S/C3H7NO.ClH/c1-3(4)2-5-3;/h2,4H2,1H3;1H. The highest BCUT2D eigenvalue weighted by atomic mass is 35.5. The molecule has 0 bridgehead atoms. The Bertz CT molecular complexity index is 48.8. The Morgan fingerprint density at radius 1 is 1.83 bits per heavy atom. The first kappa shape index (κ1) is 6.21. The first-order valence-corrected chi connectivity index (χ1v) is 1.70. The zero-order valence-electron chi connectivity index (χ0n) is 3.70. The average Bonchev–Trinajstić information content (AvgIpc) is 1.76. The maximum absolute atomic E-state index is 4.78. The van der Waals surface area contributed by atoms with Gasteiger partial charge in [-0.2, -0.15) is 0 Å². The van der Waals surface area contributed by atoms with Crippen LogP contribution in [0.25, 0.3) is 0 Å². The predicted molar refractivity (Wildman–Crippen MR) is 17.2 cm³/mol. The Balaban J connectivity index is 0.000000250. The van der Waals surface area contributed by atoms with Crippen LogP contribution in [0.5, 0.6) is 0 Å². The van der Waals surface area contributed by atoms with E-state index in [0.717, 1.165) is 6.61 Å². The molecule has 1 saturated heterocycles. The lowest BCUT2D eigenvalue weighted by molar-refractivity contribution is -0.462. The van der Waals surface area contributed by atoms with Gasteiger partial charge < -0.3 is 22.9 Å². The molecule has 0 aromatic heterocycles. The van der Waals surface area contributed by atoms with E-state index in [-0.39, 0.29) is 18.1 Å². The lowest BCUT2D eigenvalue weighted by atomic mass is 10.4. The lowest BCUT2D eigenvalue weighted by Gasteiger charge is -1.78. The maximum Gasteiger partial charge on any atom is 0.220 e. The largest absolute Gasteiger partial charge is 1.00 e. The van der Waals surface area contributed by atoms with Crippen molar-refractivity contribution in [2.24, 2.45) is 0 Å². The number of halogens is 1. The van der Waals surface area contributed by atoms with Gasteiger partial charge in [0.25, 0.3) is 0 Å². The van der Waals surface area contributed by atoms with Crippen LogP contribution in [0.1, 0.15) is 6.92 Å². The summed E-state index contributed by atoms with van der Waals surface area (Å²) in [7, 11) is 0. The quantitative estimate of drug-likeness (QED) is 0.317. The molecular weight excluding hydrogens is 101 g/mol. The molecule has 0 aliphatic carbocycles. The van der Waals surface area contributed by atoms with E-state index in [9.17, 15) is 0 Å². The van der Waals surface area contributed by atoms with E-state index < -0.39 is 0 Å². The molecule has 1 fully saturated rings. The molecule has 38 valence electrons. The fourth-order valence-corrected chi connectivity index (χ4v) is 0.123. The van der Waals surface area contributed by atoms with E-state index in [2.05, 4.69) is 5.73 Å². The minimum Gasteiger partial charge on any atom is -1.00 e. The van der Waals surface area contributed by atoms with Gasteiger partial charge in [0, 0.05) is 6.92 Å². The molecule has 0 spiro atoms. The molecule has 1 rings (SSSR count). The van der Waals surface area contributed by atoms with Crippen molar-refractivity contribution < 1.29 is 22.9 Å². The van der Waals surface area contributed by atoms with Crippen molar-refractivity contribution in [3.63, 3.8) is 0 Å². The van der Waals surface area contributed by atoms with E-state index in [0.29, 0.717) is 0 Å². The van der Waals surface area contributed by atoms with Crippen molar-refractivity contribution in [1.82, 2.24) is 0 Å². The molecule has 1 unspecified atom stereocenters. The summed E-state index contributed by atoms with van der Waals surface area (Å²) in [4.78, 5) is 0. The van der Waals surface area contributed by atoms with Crippen molar-refractivity contribution in [1.29, 1.82) is 0 Å². The zero-order valence-corrected chi connectivity index (χ0v) is 4.46. The van der Waals surface area contributed by atoms with Crippen molar-refractivity contribution >= 4 is 0 Å². The summed E-state index contributed by atoms with van der Waals surface area (Å²) in [6.07, 6.45) is 0. The van der Waals surface area contributed by atoms with Gasteiger partial charge in [0.05, 0.1) is 0 Å². The summed E-state index contributed by atoms with van der Waals surface area (Å²) >= 11 is 0. The second-order valence-electron chi connectivity index (χ2n) is 1.74. The van der Waals surface area contributed by atoms with Crippen LogP contribution in [-0.4, -0.2) is 12.3 Å². The molecular formula is C3H8ClNO. The zero-order chi connectivity index (χ0) is 3.91. The first-order chi connectivity index (χ1) is 2.21. The fraction of sp³-hybridized carbons (Fsp3) is 1.00. The minimum absolute atomic E-state index is 0. The molecule has 3 heteroatoms. The highest BCUT2D eigenvalue weighted by Gasteiger charge is 2.38. The van der Waals surface area contributed by atoms with E-state index in [4.69, 9.17) is 4.74 Å². The third kappa shape index (κ3) is 1.60. The number of epoxide rings is 1. The van der Waals surface area contributed by atoms with Crippen LogP contribution >= 0.6 is 0 Å². The van der Waals surface area contributed by atoms with Gasteiger partial charge in [-0.25, -0.2) is 0 Å². The van der Waals surface area contributed by atoms with Gasteiger partial charge in [0.2, 0.25) is 5.72 Å². The van der Waals surface area contributed by atoms with Crippen molar-refractivity contribution in [3.8, 4) is 0 Å². The Morgan fingerprint density at radius 3 is 2.00 bits per heavy atom. The van der Waals surface area contributed by atoms with E-state index in [1.807, 2.05) is 6.92 Å². The Kier molecular flexibility index (Phi) is 1.42. The van der Waals surface area contributed by atoms with Crippen LogP contribution in [0.15, 0.2) is 0 Å². The van der Waals surface area contributed by atoms with Crippen LogP contribution < -0.4 is 18.1 Å². The van der Waals surface area contributed by atoms with Gasteiger partial charge >= 0.3 is 0 Å². The molecule has 0 amide bonds. The summed E-state index contributed by atoms with van der Waals surface area (Å²) in [5.41, 5.74) is 3.66. The number of hydrogen-bond acceptors (Lipinski definition) is 1. The highest BCUT2D eigenvalue weighted by molar-refractivity contribution is 4.68. The molecule has 0 aromatic carbocycles. The fourth-order valence-electron chi connectivity index (χ4n) is 0.123. The van der Waals surface area contributed by atoms with Crippen LogP contribution in [0.4, 0.5) is 0 Å². The summed E-state index contributed by atoms with van der Waals surface area (Å²) < 4.78 is 4.78. The van der Waals surface area contributed by atoms with Crippen molar-refractivity contribution in [3.05, 3.63) is 0 Å². The van der Waals surface area contributed by atoms with Crippen LogP contribution in [-0.2, 0) is 4.74 Å². The number of ether oxygens (including phenoxy) is 1. The van der Waals surface area contributed by atoms with E-state index >= 15 is 0 Å². The minimum atomic E-state index is 0. The second kappa shape index (κ2) is 1.37. The van der Waals surface area contributed by atoms with Gasteiger partial charge in [0.15, 0.2) is 0 Å². The number of rotatable bonds is 0. The molecule has 1 atom stereocenters. The first-order valence-electron chi connectivity index (χ1n) is 1.70. The smallest absolute Gasteiger partial charge is 0.220 e. The molecule has 1 aliphatic heterocycles. The van der Waals surface area contributed by atoms with Crippen LogP contribution in [0.2, 0.25) is 0 Å². The summed E-state index contributed by atoms with van der Waals surface area (Å²) in [6, 6.07) is 0. The summed E-state index contributed by atoms with van der Waals surface area (Å²) in [5, 5.41) is 0. The molecule has 3 N–H and O–H groups in total. The highest BCUT2D eigenvalue weighted by Crippen LogP contribution is 2.13. The Hall–Kier alpha value is 0.210. The second-order valence-corrected chi connectivity index (χ2v) is 1.74. The van der Waals surface area contributed by atoms with Gasteiger partial charge in [0.1, 0.15) is 6.61 Å². The molecule has 1 heterocycles. The lowest BCUT2D eigenvalue weighted by Crippen LogP contribution is -3.00. The third-order valence-corrected chi connectivity index (χ3v) is 0.637. The van der Waals surface area contributed by atoms with Crippen molar-refractivity contribution in [2.45, 2.75) is 12.6 Å². The summed E-state index contributed by atoms with van der Waals surface area (Å²) in [5.74, 6) is 0. The number of hydrogen-bond donors (Lipinski definition) is 1. The molecule has 0 radical (unpaired) electrons. The van der Waals surface area contributed by atoms with Crippen LogP contribution in [0, 0.1) is 0 Å². The Labute approximate surface area is 43.1 Å². The topological polar surface area (TPSA) is 40.2 Å². The predicted octanol–water partition coefficient (Wildman–Crippen LogP) is -4.02. The summed E-state index contributed by atoms with van der Waals surface area (Å²) in [6.45, 7) is 2.81. The normalized spacial score (nSPS) is 41.0. The SMILES string of the molecule is CC1([NH3+])CO1.[Cl-]. The van der Waals surface area contributed by atoms with Gasteiger partial charge in [-0.3, -0.25) is 0 Å². The monoisotopic (exact) mass is 109 g/mol. The van der Waals surface area contributed by atoms with Crippen molar-refractivity contribution in [2.75, 3.05) is 6.61 Å². The van der Waals surface area contributed by atoms with E-state index in [1.54, 1.807) is 0 Å². The van der Waals surface area contributed by atoms with Gasteiger partial charge in [-0.15, -0.1) is 0 Å². The average molecular weight is 110 g/mol. The molecule has 2 nitrogen and oxygen atoms in total.